The van der Waals surface area contributed by atoms with Crippen LogP contribution in [0.2, 0.25) is 10.0 Å². The summed E-state index contributed by atoms with van der Waals surface area (Å²) in [4.78, 5) is 4.41. The van der Waals surface area contributed by atoms with E-state index in [0.717, 1.165) is 11.1 Å². The minimum Gasteiger partial charge on any atom is -0.387 e. The number of aliphatic hydroxyl groups is 1. The number of benzene rings is 2. The average molecular weight is 350 g/mol. The molecular weight excluding hydrogens is 333 g/mol. The Kier molecular flexibility index (Phi) is 5.06. The summed E-state index contributed by atoms with van der Waals surface area (Å²) >= 11 is 12.5. The van der Waals surface area contributed by atoms with Crippen LogP contribution in [0.25, 0.3) is 0 Å². The number of halogens is 2. The zero-order valence-electron chi connectivity index (χ0n) is 12.3. The number of nitrogens with one attached hydrogen (secondary N) is 2. The monoisotopic (exact) mass is 349 g/mol. The van der Waals surface area contributed by atoms with E-state index in [1.807, 2.05) is 48.5 Å². The Morgan fingerprint density at radius 2 is 1.83 bits per heavy atom. The van der Waals surface area contributed by atoms with Crippen LogP contribution in [0.1, 0.15) is 23.3 Å². The molecule has 1 aliphatic heterocycles. The van der Waals surface area contributed by atoms with Crippen LogP contribution in [-0.2, 0) is 0 Å². The molecule has 2 aromatic carbocycles. The van der Waals surface area contributed by atoms with Gasteiger partial charge in [0.15, 0.2) is 5.96 Å². The first-order chi connectivity index (χ1) is 11.1. The van der Waals surface area contributed by atoms with Crippen LogP contribution in [0.5, 0.6) is 0 Å². The van der Waals surface area contributed by atoms with Crippen molar-refractivity contribution in [3.8, 4) is 0 Å². The molecule has 23 heavy (non-hydrogen) atoms. The molecule has 1 heterocycles. The summed E-state index contributed by atoms with van der Waals surface area (Å²) in [5.41, 5.74) is 1.71. The first-order valence-corrected chi connectivity index (χ1v) is 8.12. The molecule has 4 nitrogen and oxygen atoms in total. The van der Waals surface area contributed by atoms with Crippen LogP contribution >= 0.6 is 23.2 Å². The van der Waals surface area contributed by atoms with Crippen LogP contribution < -0.4 is 10.6 Å². The van der Waals surface area contributed by atoms with Crippen molar-refractivity contribution in [2.75, 3.05) is 13.1 Å². The lowest BCUT2D eigenvalue weighted by Gasteiger charge is -2.17. The molecule has 0 bridgehead atoms. The molecule has 2 atom stereocenters. The second-order valence-corrected chi connectivity index (χ2v) is 6.14. The number of hydrogen-bond donors (Lipinski definition) is 3. The molecule has 0 saturated heterocycles. The third-order valence-corrected chi connectivity index (χ3v) is 4.40. The summed E-state index contributed by atoms with van der Waals surface area (Å²) in [6, 6.07) is 14.9. The van der Waals surface area contributed by atoms with E-state index in [0.29, 0.717) is 29.1 Å². The van der Waals surface area contributed by atoms with E-state index >= 15 is 0 Å². The Labute approximate surface area is 145 Å². The van der Waals surface area contributed by atoms with E-state index in [1.165, 1.54) is 0 Å². The van der Waals surface area contributed by atoms with E-state index in [9.17, 15) is 5.11 Å². The van der Waals surface area contributed by atoms with Crippen LogP contribution in [0.15, 0.2) is 53.5 Å². The highest BCUT2D eigenvalue weighted by atomic mass is 35.5. The van der Waals surface area contributed by atoms with E-state index in [1.54, 1.807) is 0 Å². The molecule has 0 saturated carbocycles. The van der Waals surface area contributed by atoms with Gasteiger partial charge in [-0.05, 0) is 17.7 Å². The number of aliphatic imine (C=N–C) groups is 1. The predicted octanol–water partition coefficient (Wildman–Crippen LogP) is 3.32. The van der Waals surface area contributed by atoms with E-state index in [4.69, 9.17) is 23.2 Å². The second-order valence-electron chi connectivity index (χ2n) is 5.33. The fraction of sp³-hybridized carbons (Fsp3) is 0.235. The van der Waals surface area contributed by atoms with Gasteiger partial charge in [0, 0.05) is 22.2 Å². The van der Waals surface area contributed by atoms with Gasteiger partial charge in [0.2, 0.25) is 0 Å². The van der Waals surface area contributed by atoms with Crippen molar-refractivity contribution in [1.82, 2.24) is 10.6 Å². The fourth-order valence-electron chi connectivity index (χ4n) is 2.54. The van der Waals surface area contributed by atoms with Crippen molar-refractivity contribution in [1.29, 1.82) is 0 Å². The van der Waals surface area contributed by atoms with Gasteiger partial charge in [-0.3, -0.25) is 4.99 Å². The van der Waals surface area contributed by atoms with Gasteiger partial charge in [-0.1, -0.05) is 59.6 Å². The van der Waals surface area contributed by atoms with Gasteiger partial charge in [-0.25, -0.2) is 0 Å². The Balaban J connectivity index is 1.58. The summed E-state index contributed by atoms with van der Waals surface area (Å²) < 4.78 is 0. The molecule has 0 radical (unpaired) electrons. The maximum atomic E-state index is 10.2. The van der Waals surface area contributed by atoms with Crippen LogP contribution in [0.4, 0.5) is 0 Å². The number of hydrogen-bond acceptors (Lipinski definition) is 4. The molecule has 0 aliphatic carbocycles. The highest BCUT2D eigenvalue weighted by Crippen LogP contribution is 2.31. The normalized spacial score (nSPS) is 18.2. The first kappa shape index (κ1) is 16.1. The standard InChI is InChI=1S/C17H17Cl2N3O/c18-12-7-4-8-13(19)16(12)14-9-20-17(22-14)21-10-15(23)11-5-2-1-3-6-11/h1-8,14-15,23H,9-10H2,(H2,20,21,22). The van der Waals surface area contributed by atoms with Gasteiger partial charge in [0.25, 0.3) is 0 Å². The fourth-order valence-corrected chi connectivity index (χ4v) is 3.20. The maximum Gasteiger partial charge on any atom is 0.192 e. The zero-order valence-corrected chi connectivity index (χ0v) is 13.8. The van der Waals surface area contributed by atoms with Gasteiger partial charge >= 0.3 is 0 Å². The number of aliphatic hydroxyl groups excluding tert-OH is 1. The van der Waals surface area contributed by atoms with Crippen molar-refractivity contribution in [3.05, 3.63) is 69.7 Å². The average Bonchev–Trinajstić information content (AvgIpc) is 3.02. The summed E-state index contributed by atoms with van der Waals surface area (Å²) in [5.74, 6) is 0.640. The van der Waals surface area contributed by atoms with Crippen LogP contribution in [-0.4, -0.2) is 24.2 Å². The first-order valence-electron chi connectivity index (χ1n) is 7.37. The molecular formula is C17H17Cl2N3O. The predicted molar refractivity (Wildman–Crippen MR) is 94.0 cm³/mol. The third-order valence-electron chi connectivity index (χ3n) is 3.74. The van der Waals surface area contributed by atoms with Crippen molar-refractivity contribution >= 4 is 29.2 Å². The molecule has 0 aromatic heterocycles. The molecule has 6 heteroatoms. The van der Waals surface area contributed by atoms with Gasteiger partial charge in [0.05, 0.1) is 18.7 Å². The summed E-state index contributed by atoms with van der Waals surface area (Å²) in [7, 11) is 0. The number of guanidine groups is 1. The van der Waals surface area contributed by atoms with Gasteiger partial charge in [-0.15, -0.1) is 0 Å². The molecule has 120 valence electrons. The van der Waals surface area contributed by atoms with Gasteiger partial charge < -0.3 is 15.7 Å². The van der Waals surface area contributed by atoms with Gasteiger partial charge in [0.1, 0.15) is 0 Å². The largest absolute Gasteiger partial charge is 0.387 e. The topological polar surface area (TPSA) is 56.6 Å². The lowest BCUT2D eigenvalue weighted by Crippen LogP contribution is -2.37. The zero-order chi connectivity index (χ0) is 16.2. The summed E-state index contributed by atoms with van der Waals surface area (Å²) in [5, 5.41) is 17.8. The highest BCUT2D eigenvalue weighted by molar-refractivity contribution is 6.36. The Hall–Kier alpha value is -1.75. The molecule has 0 amide bonds. The molecule has 0 fully saturated rings. The van der Waals surface area contributed by atoms with Crippen molar-refractivity contribution in [3.63, 3.8) is 0 Å². The second kappa shape index (κ2) is 7.21. The molecule has 3 N–H and O–H groups in total. The molecule has 2 unspecified atom stereocenters. The quantitative estimate of drug-likeness (QED) is 0.793. The Morgan fingerprint density at radius 3 is 2.52 bits per heavy atom. The van der Waals surface area contributed by atoms with Crippen molar-refractivity contribution in [2.45, 2.75) is 12.1 Å². The lowest BCUT2D eigenvalue weighted by molar-refractivity contribution is 0.181. The molecule has 0 spiro atoms. The van der Waals surface area contributed by atoms with E-state index in [-0.39, 0.29) is 6.04 Å². The highest BCUT2D eigenvalue weighted by Gasteiger charge is 2.23. The number of nitrogens with zero attached hydrogens (tertiary/aromatic N) is 1. The molecule has 3 rings (SSSR count). The molecule has 1 aliphatic rings. The van der Waals surface area contributed by atoms with E-state index in [2.05, 4.69) is 15.6 Å². The Morgan fingerprint density at radius 1 is 1.13 bits per heavy atom. The van der Waals surface area contributed by atoms with Crippen molar-refractivity contribution < 1.29 is 5.11 Å². The number of rotatable bonds is 4. The lowest BCUT2D eigenvalue weighted by atomic mass is 10.1. The minimum atomic E-state index is -0.594. The van der Waals surface area contributed by atoms with Crippen molar-refractivity contribution in [2.24, 2.45) is 4.99 Å². The SMILES string of the molecule is OC(CNC1=NCC(c2c(Cl)cccc2Cl)N1)c1ccccc1. The molecule has 2 aromatic rings. The summed E-state index contributed by atoms with van der Waals surface area (Å²) in [6.45, 7) is 0.923. The van der Waals surface area contributed by atoms with Crippen LogP contribution in [0.3, 0.4) is 0 Å². The smallest absolute Gasteiger partial charge is 0.192 e. The third kappa shape index (κ3) is 3.78. The minimum absolute atomic E-state index is 0.0624. The summed E-state index contributed by atoms with van der Waals surface area (Å²) in [6.07, 6.45) is -0.594. The maximum absolute atomic E-state index is 10.2. The van der Waals surface area contributed by atoms with Gasteiger partial charge in [-0.2, -0.15) is 0 Å². The van der Waals surface area contributed by atoms with Crippen LogP contribution in [0, 0.1) is 0 Å². The van der Waals surface area contributed by atoms with E-state index < -0.39 is 6.10 Å². The Bertz CT molecular complexity index is 686.